The Hall–Kier alpha value is -3.91. The lowest BCUT2D eigenvalue weighted by atomic mass is 9.99. The molecule has 2 aromatic rings. The van der Waals surface area contributed by atoms with Gasteiger partial charge < -0.3 is 20.8 Å². The summed E-state index contributed by atoms with van der Waals surface area (Å²) in [5, 5.41) is 31.7. The Balaban J connectivity index is 0.000000540. The van der Waals surface area contributed by atoms with Crippen LogP contribution in [0.15, 0.2) is 48.5 Å². The highest BCUT2D eigenvalue weighted by Crippen LogP contribution is 2.21. The minimum absolute atomic E-state index is 0.117. The van der Waals surface area contributed by atoms with Crippen LogP contribution in [0.1, 0.15) is 35.2 Å². The monoisotopic (exact) mass is 491 g/mol. The standard InChI is InChI=1S/C22H23N3O3.C2HF3O2/c23-14-19(25-21(26)20-6-1-2-11-24-20)12-15-7-9-16(10-8-15)17-4-3-5-18(13-17)22(27)28;3-2(4,5)1(6)7/h3-5,7-10,13,19-20,24H,1-2,6,11-12H2,(H,25,26)(H,27,28);(H,6,7)/t19-,20-;/m0./s1. The van der Waals surface area contributed by atoms with Crippen molar-refractivity contribution >= 4 is 17.8 Å². The molecule has 0 unspecified atom stereocenters. The number of carboxylic acids is 2. The molecule has 0 radical (unpaired) electrons. The number of aromatic carboxylic acids is 1. The van der Waals surface area contributed by atoms with Gasteiger partial charge in [-0.25, -0.2) is 9.59 Å². The summed E-state index contributed by atoms with van der Waals surface area (Å²) in [6, 6.07) is 15.7. The molecule has 1 amide bonds. The molecule has 35 heavy (non-hydrogen) atoms. The first-order valence-electron chi connectivity index (χ1n) is 10.7. The first kappa shape index (κ1) is 27.3. The molecule has 0 saturated carbocycles. The van der Waals surface area contributed by atoms with E-state index in [-0.39, 0.29) is 17.5 Å². The summed E-state index contributed by atoms with van der Waals surface area (Å²) >= 11 is 0. The summed E-state index contributed by atoms with van der Waals surface area (Å²) in [6.07, 6.45) is -1.77. The molecule has 0 aliphatic carbocycles. The number of halogens is 3. The minimum atomic E-state index is -5.08. The highest BCUT2D eigenvalue weighted by Gasteiger charge is 2.38. The van der Waals surface area contributed by atoms with Gasteiger partial charge in [0.05, 0.1) is 17.7 Å². The van der Waals surface area contributed by atoms with Crippen molar-refractivity contribution in [2.24, 2.45) is 0 Å². The lowest BCUT2D eigenvalue weighted by Gasteiger charge is -2.23. The Morgan fingerprint density at radius 3 is 2.26 bits per heavy atom. The third-order valence-electron chi connectivity index (χ3n) is 5.18. The molecular formula is C24H24F3N3O5. The van der Waals surface area contributed by atoms with E-state index < -0.39 is 24.2 Å². The van der Waals surface area contributed by atoms with Gasteiger partial charge in [-0.05, 0) is 48.2 Å². The first-order valence-corrected chi connectivity index (χ1v) is 10.7. The second kappa shape index (κ2) is 12.5. The zero-order valence-electron chi connectivity index (χ0n) is 18.5. The Morgan fingerprint density at radius 1 is 1.09 bits per heavy atom. The molecule has 1 fully saturated rings. The van der Waals surface area contributed by atoms with Crippen molar-refractivity contribution in [3.05, 3.63) is 59.7 Å². The summed E-state index contributed by atoms with van der Waals surface area (Å²) < 4.78 is 31.7. The largest absolute Gasteiger partial charge is 0.490 e. The second-order valence-electron chi connectivity index (χ2n) is 7.78. The molecule has 1 aliphatic heterocycles. The fraction of sp³-hybridized carbons (Fsp3) is 0.333. The molecule has 2 aromatic carbocycles. The van der Waals surface area contributed by atoms with Gasteiger partial charge in [0.15, 0.2) is 0 Å². The fourth-order valence-corrected chi connectivity index (χ4v) is 3.38. The zero-order valence-corrected chi connectivity index (χ0v) is 18.5. The summed E-state index contributed by atoms with van der Waals surface area (Å²) in [5.41, 5.74) is 2.89. The molecule has 1 aliphatic rings. The third kappa shape index (κ3) is 8.75. The molecule has 0 spiro atoms. The number of carboxylic acid groups (broad SMARTS) is 2. The number of nitrogens with one attached hydrogen (secondary N) is 2. The molecule has 3 rings (SSSR count). The van der Waals surface area contributed by atoms with E-state index in [0.29, 0.717) is 6.42 Å². The van der Waals surface area contributed by atoms with E-state index in [1.165, 1.54) is 0 Å². The van der Waals surface area contributed by atoms with Crippen molar-refractivity contribution in [3.63, 3.8) is 0 Å². The molecule has 8 nitrogen and oxygen atoms in total. The summed E-state index contributed by atoms with van der Waals surface area (Å²) in [4.78, 5) is 32.3. The first-order chi connectivity index (χ1) is 16.5. The average Bonchev–Trinajstić information content (AvgIpc) is 2.84. The van der Waals surface area contributed by atoms with Gasteiger partial charge in [0.1, 0.15) is 6.04 Å². The van der Waals surface area contributed by atoms with E-state index in [1.54, 1.807) is 18.2 Å². The molecule has 2 atom stereocenters. The quantitative estimate of drug-likeness (QED) is 0.486. The van der Waals surface area contributed by atoms with E-state index >= 15 is 0 Å². The number of nitrogens with zero attached hydrogens (tertiary/aromatic N) is 1. The van der Waals surface area contributed by atoms with Gasteiger partial charge in [-0.1, -0.05) is 42.8 Å². The van der Waals surface area contributed by atoms with E-state index in [4.69, 9.17) is 15.0 Å². The van der Waals surface area contributed by atoms with Crippen molar-refractivity contribution in [2.45, 2.75) is 43.9 Å². The van der Waals surface area contributed by atoms with Gasteiger partial charge in [0.2, 0.25) is 5.91 Å². The SMILES string of the molecule is N#C[C@H](Cc1ccc(-c2cccc(C(=O)O)c2)cc1)NC(=O)[C@@H]1CCCCN1.O=C(O)C(F)(F)F. The molecule has 0 bridgehead atoms. The van der Waals surface area contributed by atoms with Crippen LogP contribution in [0.2, 0.25) is 0 Å². The van der Waals surface area contributed by atoms with Crippen LogP contribution in [0.3, 0.4) is 0 Å². The molecule has 1 heterocycles. The number of nitriles is 1. The number of alkyl halides is 3. The number of carbonyl (C=O) groups is 3. The van der Waals surface area contributed by atoms with Crippen LogP contribution in [0.5, 0.6) is 0 Å². The number of benzene rings is 2. The average molecular weight is 491 g/mol. The molecule has 4 N–H and O–H groups in total. The smallest absolute Gasteiger partial charge is 0.478 e. The number of carbonyl (C=O) groups excluding carboxylic acids is 1. The third-order valence-corrected chi connectivity index (χ3v) is 5.18. The van der Waals surface area contributed by atoms with Crippen molar-refractivity contribution in [2.75, 3.05) is 6.54 Å². The minimum Gasteiger partial charge on any atom is -0.478 e. The van der Waals surface area contributed by atoms with Gasteiger partial charge in [0, 0.05) is 6.42 Å². The Morgan fingerprint density at radius 2 is 1.74 bits per heavy atom. The Kier molecular flexibility index (Phi) is 9.78. The van der Waals surface area contributed by atoms with E-state index in [0.717, 1.165) is 42.5 Å². The van der Waals surface area contributed by atoms with Crippen molar-refractivity contribution in [1.82, 2.24) is 10.6 Å². The van der Waals surface area contributed by atoms with Crippen LogP contribution >= 0.6 is 0 Å². The van der Waals surface area contributed by atoms with Crippen LogP contribution in [-0.4, -0.2) is 52.9 Å². The lowest BCUT2D eigenvalue weighted by Crippen LogP contribution is -2.49. The predicted molar refractivity (Wildman–Crippen MR) is 119 cm³/mol. The maximum atomic E-state index is 12.3. The van der Waals surface area contributed by atoms with E-state index in [1.807, 2.05) is 30.3 Å². The molecular weight excluding hydrogens is 467 g/mol. The van der Waals surface area contributed by atoms with Gasteiger partial charge in [-0.2, -0.15) is 18.4 Å². The number of aliphatic carboxylic acids is 1. The summed E-state index contributed by atoms with van der Waals surface area (Å²) in [6.45, 7) is 0.833. The van der Waals surface area contributed by atoms with Gasteiger partial charge in [-0.3, -0.25) is 4.79 Å². The second-order valence-corrected chi connectivity index (χ2v) is 7.78. The Labute approximate surface area is 199 Å². The fourth-order valence-electron chi connectivity index (χ4n) is 3.38. The van der Waals surface area contributed by atoms with Crippen LogP contribution < -0.4 is 10.6 Å². The van der Waals surface area contributed by atoms with Crippen LogP contribution in [0.25, 0.3) is 11.1 Å². The van der Waals surface area contributed by atoms with Crippen molar-refractivity contribution < 1.29 is 37.8 Å². The zero-order chi connectivity index (χ0) is 26.0. The van der Waals surface area contributed by atoms with Crippen LogP contribution in [-0.2, 0) is 16.0 Å². The number of rotatable bonds is 6. The van der Waals surface area contributed by atoms with Gasteiger partial charge in [-0.15, -0.1) is 0 Å². The van der Waals surface area contributed by atoms with Crippen LogP contribution in [0.4, 0.5) is 13.2 Å². The molecule has 11 heteroatoms. The number of hydrogen-bond donors (Lipinski definition) is 4. The van der Waals surface area contributed by atoms with E-state index in [2.05, 4.69) is 16.7 Å². The maximum Gasteiger partial charge on any atom is 0.490 e. The molecule has 0 aromatic heterocycles. The van der Waals surface area contributed by atoms with Crippen molar-refractivity contribution in [3.8, 4) is 17.2 Å². The molecule has 1 saturated heterocycles. The van der Waals surface area contributed by atoms with E-state index in [9.17, 15) is 28.0 Å². The normalized spacial score (nSPS) is 16.1. The van der Waals surface area contributed by atoms with Crippen molar-refractivity contribution in [1.29, 1.82) is 5.26 Å². The summed E-state index contributed by atoms with van der Waals surface area (Å²) in [7, 11) is 0. The highest BCUT2D eigenvalue weighted by atomic mass is 19.4. The molecule has 186 valence electrons. The summed E-state index contributed by atoms with van der Waals surface area (Å²) in [5.74, 6) is -3.83. The number of hydrogen-bond acceptors (Lipinski definition) is 5. The lowest BCUT2D eigenvalue weighted by molar-refractivity contribution is -0.192. The topological polar surface area (TPSA) is 140 Å². The highest BCUT2D eigenvalue weighted by molar-refractivity contribution is 5.89. The van der Waals surface area contributed by atoms with Crippen LogP contribution in [0, 0.1) is 11.3 Å². The number of amides is 1. The van der Waals surface area contributed by atoms with Gasteiger partial charge in [0.25, 0.3) is 0 Å². The number of piperidine rings is 1. The Bertz CT molecular complexity index is 1080. The van der Waals surface area contributed by atoms with Gasteiger partial charge >= 0.3 is 18.1 Å². The maximum absolute atomic E-state index is 12.3. The predicted octanol–water partition coefficient (Wildman–Crippen LogP) is 3.38.